The van der Waals surface area contributed by atoms with Gasteiger partial charge in [-0.15, -0.1) is 0 Å². The summed E-state index contributed by atoms with van der Waals surface area (Å²) in [5, 5.41) is 3.40. The molecular formula is C32H46N2O3. The standard InChI is InChI=1S/C32H46N2O3/c1-36-22-12-14-23-21(17-22)11-13-25-28(23)30-26(18-33-32(30)35)29-24-9-5-6-10-27(24)34(31(25)29)15-16-37-19-20-7-3-2-4-8-20/h2-4,7-8,21-31H,5-6,9-19H2,1H3,(H,33,35). The Bertz CT molecular complexity index is 955. The Balaban J connectivity index is 1.16. The highest BCUT2D eigenvalue weighted by Gasteiger charge is 2.65. The van der Waals surface area contributed by atoms with E-state index in [1.165, 1.54) is 63.4 Å². The maximum Gasteiger partial charge on any atom is 0.223 e. The molecule has 2 heterocycles. The number of methoxy groups -OCH3 is 1. The molecule has 1 aromatic rings. The molecule has 0 aromatic heterocycles. The molecule has 0 radical (unpaired) electrons. The monoisotopic (exact) mass is 506 g/mol. The molecule has 1 aromatic carbocycles. The van der Waals surface area contributed by atoms with Crippen molar-refractivity contribution in [1.29, 1.82) is 0 Å². The van der Waals surface area contributed by atoms with E-state index in [-0.39, 0.29) is 5.92 Å². The van der Waals surface area contributed by atoms with Crippen molar-refractivity contribution in [3.8, 4) is 0 Å². The maximum absolute atomic E-state index is 13.5. The van der Waals surface area contributed by atoms with Crippen LogP contribution in [0, 0.1) is 47.3 Å². The molecule has 2 saturated heterocycles. The highest BCUT2D eigenvalue weighted by Crippen LogP contribution is 2.63. The average molecular weight is 507 g/mol. The van der Waals surface area contributed by atoms with Gasteiger partial charge in [-0.2, -0.15) is 0 Å². The van der Waals surface area contributed by atoms with E-state index in [0.717, 1.165) is 31.5 Å². The lowest BCUT2D eigenvalue weighted by Gasteiger charge is -2.57. The van der Waals surface area contributed by atoms with Gasteiger partial charge in [0.2, 0.25) is 5.91 Å². The van der Waals surface area contributed by atoms with E-state index in [2.05, 4.69) is 40.5 Å². The first-order valence-electron chi connectivity index (χ1n) is 15.4. The summed E-state index contributed by atoms with van der Waals surface area (Å²) in [4.78, 5) is 16.4. The van der Waals surface area contributed by atoms with Crippen molar-refractivity contribution in [1.82, 2.24) is 10.2 Å². The highest BCUT2D eigenvalue weighted by atomic mass is 16.5. The third-order valence-corrected chi connectivity index (χ3v) is 11.9. The Morgan fingerprint density at radius 3 is 2.62 bits per heavy atom. The van der Waals surface area contributed by atoms with Crippen LogP contribution in [0.4, 0.5) is 0 Å². The smallest absolute Gasteiger partial charge is 0.223 e. The van der Waals surface area contributed by atoms with Gasteiger partial charge in [0.15, 0.2) is 0 Å². The van der Waals surface area contributed by atoms with E-state index in [4.69, 9.17) is 9.47 Å². The number of rotatable bonds is 6. The minimum atomic E-state index is 0.259. The van der Waals surface area contributed by atoms with Crippen LogP contribution in [0.1, 0.15) is 63.4 Å². The van der Waals surface area contributed by atoms with Crippen LogP contribution < -0.4 is 5.32 Å². The van der Waals surface area contributed by atoms with Crippen molar-refractivity contribution in [2.24, 2.45) is 47.3 Å². The van der Waals surface area contributed by atoms with Gasteiger partial charge in [-0.05, 0) is 91.9 Å². The number of benzene rings is 1. The summed E-state index contributed by atoms with van der Waals surface area (Å²) in [7, 11) is 1.89. The molecule has 1 amide bonds. The van der Waals surface area contributed by atoms with Crippen molar-refractivity contribution >= 4 is 5.91 Å². The van der Waals surface area contributed by atoms with Gasteiger partial charge in [-0.1, -0.05) is 43.2 Å². The van der Waals surface area contributed by atoms with Gasteiger partial charge in [-0.3, -0.25) is 9.69 Å². The van der Waals surface area contributed by atoms with E-state index >= 15 is 0 Å². The highest BCUT2D eigenvalue weighted by molar-refractivity contribution is 5.82. The van der Waals surface area contributed by atoms with Gasteiger partial charge >= 0.3 is 0 Å². The van der Waals surface area contributed by atoms with Crippen LogP contribution in [0.2, 0.25) is 0 Å². The Morgan fingerprint density at radius 1 is 0.919 bits per heavy atom. The van der Waals surface area contributed by atoms with Crippen LogP contribution >= 0.6 is 0 Å². The quantitative estimate of drug-likeness (QED) is 0.558. The molecule has 0 bridgehead atoms. The fraction of sp³-hybridized carbons (Fsp3) is 0.781. The Morgan fingerprint density at radius 2 is 1.76 bits per heavy atom. The van der Waals surface area contributed by atoms with Gasteiger partial charge < -0.3 is 14.8 Å². The number of carbonyl (C=O) groups excluding carboxylic acids is 1. The molecule has 4 saturated carbocycles. The summed E-state index contributed by atoms with van der Waals surface area (Å²) >= 11 is 0. The first-order valence-corrected chi connectivity index (χ1v) is 15.4. The van der Waals surface area contributed by atoms with Gasteiger partial charge in [0.1, 0.15) is 0 Å². The first-order chi connectivity index (χ1) is 18.2. The largest absolute Gasteiger partial charge is 0.381 e. The van der Waals surface area contributed by atoms with Crippen molar-refractivity contribution in [3.05, 3.63) is 35.9 Å². The third-order valence-electron chi connectivity index (χ3n) is 11.9. The van der Waals surface area contributed by atoms with Crippen LogP contribution in [-0.2, 0) is 20.9 Å². The molecule has 7 rings (SSSR count). The zero-order chi connectivity index (χ0) is 24.9. The van der Waals surface area contributed by atoms with Crippen LogP contribution in [0.25, 0.3) is 0 Å². The zero-order valence-corrected chi connectivity index (χ0v) is 22.6. The number of nitrogens with one attached hydrogen (secondary N) is 1. The second-order valence-corrected chi connectivity index (χ2v) is 13.2. The van der Waals surface area contributed by atoms with Gasteiger partial charge in [-0.25, -0.2) is 0 Å². The Hall–Kier alpha value is -1.43. The molecule has 37 heavy (non-hydrogen) atoms. The number of amides is 1. The van der Waals surface area contributed by atoms with Crippen LogP contribution in [-0.4, -0.2) is 55.8 Å². The summed E-state index contributed by atoms with van der Waals surface area (Å²) < 4.78 is 12.1. The predicted molar refractivity (Wildman–Crippen MR) is 144 cm³/mol. The van der Waals surface area contributed by atoms with Crippen molar-refractivity contribution in [2.75, 3.05) is 26.8 Å². The maximum atomic E-state index is 13.5. The number of ether oxygens (including phenoxy) is 2. The summed E-state index contributed by atoms with van der Waals surface area (Å²) in [6.07, 6.45) is 12.2. The molecule has 5 heteroatoms. The zero-order valence-electron chi connectivity index (χ0n) is 22.6. The van der Waals surface area contributed by atoms with E-state index in [1.807, 2.05) is 7.11 Å². The number of carbonyl (C=O) groups is 1. The average Bonchev–Trinajstić information content (AvgIpc) is 3.49. The summed E-state index contributed by atoms with van der Waals surface area (Å²) in [5.74, 6) is 5.36. The number of nitrogens with zero attached hydrogens (tertiary/aromatic N) is 1. The van der Waals surface area contributed by atoms with E-state index in [9.17, 15) is 4.79 Å². The Kier molecular flexibility index (Phi) is 6.83. The molecule has 11 unspecified atom stereocenters. The van der Waals surface area contributed by atoms with Crippen LogP contribution in [0.3, 0.4) is 0 Å². The molecule has 1 N–H and O–H groups in total. The number of likely N-dealkylation sites (tertiary alicyclic amines) is 1. The number of fused-ring (bicyclic) bond motifs is 10. The minimum absolute atomic E-state index is 0.259. The van der Waals surface area contributed by atoms with Crippen molar-refractivity contribution < 1.29 is 14.3 Å². The summed E-state index contributed by atoms with van der Waals surface area (Å²) in [6.45, 7) is 3.49. The van der Waals surface area contributed by atoms with E-state index < -0.39 is 0 Å². The molecule has 0 spiro atoms. The topological polar surface area (TPSA) is 50.8 Å². The molecule has 4 aliphatic carbocycles. The molecule has 5 nitrogen and oxygen atoms in total. The second kappa shape index (κ2) is 10.3. The predicted octanol–water partition coefficient (Wildman–Crippen LogP) is 4.90. The fourth-order valence-electron chi connectivity index (χ4n) is 10.7. The number of hydrogen-bond donors (Lipinski definition) is 1. The normalized spacial score (nSPS) is 44.8. The van der Waals surface area contributed by atoms with Gasteiger partial charge in [0.05, 0.1) is 19.3 Å². The lowest BCUT2D eigenvalue weighted by Crippen LogP contribution is -2.59. The second-order valence-electron chi connectivity index (χ2n) is 13.2. The molecule has 6 fully saturated rings. The molecule has 2 aliphatic heterocycles. The summed E-state index contributed by atoms with van der Waals surface area (Å²) in [6, 6.07) is 11.9. The lowest BCUT2D eigenvalue weighted by molar-refractivity contribution is -0.139. The molecular weight excluding hydrogens is 460 g/mol. The van der Waals surface area contributed by atoms with Gasteiger partial charge in [0.25, 0.3) is 0 Å². The summed E-state index contributed by atoms with van der Waals surface area (Å²) in [5.41, 5.74) is 1.26. The Labute approximate surface area is 223 Å². The number of hydrogen-bond acceptors (Lipinski definition) is 4. The molecule has 6 aliphatic rings. The minimum Gasteiger partial charge on any atom is -0.381 e. The third kappa shape index (κ3) is 4.19. The SMILES string of the molecule is COC1CCC2C(CCC3C2C2C(=O)NCC2C2C4CCCCC4N(CCOCc4ccccc4)C32)C1. The van der Waals surface area contributed by atoms with E-state index in [0.29, 0.717) is 60.3 Å². The van der Waals surface area contributed by atoms with E-state index in [1.54, 1.807) is 0 Å². The lowest BCUT2D eigenvalue weighted by atomic mass is 9.48. The van der Waals surface area contributed by atoms with Crippen molar-refractivity contribution in [2.45, 2.75) is 82.6 Å². The van der Waals surface area contributed by atoms with Crippen molar-refractivity contribution in [3.63, 3.8) is 0 Å². The molecule has 11 atom stereocenters. The molecule has 202 valence electrons. The van der Waals surface area contributed by atoms with Crippen LogP contribution in [0.15, 0.2) is 30.3 Å². The van der Waals surface area contributed by atoms with Crippen LogP contribution in [0.5, 0.6) is 0 Å². The first kappa shape index (κ1) is 24.6. The van der Waals surface area contributed by atoms with Gasteiger partial charge in [0, 0.05) is 38.2 Å². The fourth-order valence-corrected chi connectivity index (χ4v) is 10.7.